The van der Waals surface area contributed by atoms with Gasteiger partial charge >= 0.3 is 0 Å². The molecule has 3 aliphatic rings. The molecule has 0 radical (unpaired) electrons. The number of hydrogen-bond donors (Lipinski definition) is 1. The van der Waals surface area contributed by atoms with E-state index in [0.29, 0.717) is 5.41 Å². The minimum absolute atomic E-state index is 0.420. The summed E-state index contributed by atoms with van der Waals surface area (Å²) in [6.07, 6.45) is 5.27. The van der Waals surface area contributed by atoms with Crippen LogP contribution < -0.4 is 0 Å². The van der Waals surface area contributed by atoms with Crippen LogP contribution in [0.5, 0.6) is 0 Å². The highest BCUT2D eigenvalue weighted by atomic mass is 32.1. The highest BCUT2D eigenvalue weighted by molar-refractivity contribution is 7.80. The molecule has 2 aliphatic heterocycles. The van der Waals surface area contributed by atoms with E-state index in [0.717, 1.165) is 25.0 Å². The van der Waals surface area contributed by atoms with Gasteiger partial charge in [0.1, 0.15) is 0 Å². The molecule has 0 aromatic rings. The maximum absolute atomic E-state index is 5.51. The quantitative estimate of drug-likeness (QED) is 0.780. The second-order valence-electron chi connectivity index (χ2n) is 6.31. The van der Waals surface area contributed by atoms with Crippen LogP contribution in [0.3, 0.4) is 0 Å². The Balaban J connectivity index is 1.49. The average molecular weight is 270 g/mol. The van der Waals surface area contributed by atoms with Crippen molar-refractivity contribution in [2.24, 2.45) is 5.41 Å². The molecule has 0 N–H and O–H groups in total. The third kappa shape index (κ3) is 3.03. The third-order valence-electron chi connectivity index (χ3n) is 4.92. The number of rotatable bonds is 4. The van der Waals surface area contributed by atoms with Gasteiger partial charge in [-0.25, -0.2) is 0 Å². The van der Waals surface area contributed by atoms with Crippen LogP contribution in [0.4, 0.5) is 0 Å². The van der Waals surface area contributed by atoms with Crippen LogP contribution >= 0.6 is 12.6 Å². The first-order valence-electron chi connectivity index (χ1n) is 7.46. The monoisotopic (exact) mass is 270 g/mol. The fourth-order valence-corrected chi connectivity index (χ4v) is 3.79. The minimum Gasteiger partial charge on any atom is -0.381 e. The normalized spacial score (nSPS) is 30.5. The van der Waals surface area contributed by atoms with Gasteiger partial charge in [0, 0.05) is 52.0 Å². The molecule has 0 aromatic heterocycles. The number of thiol groups is 1. The maximum Gasteiger partial charge on any atom is 0.0472 e. The van der Waals surface area contributed by atoms with Gasteiger partial charge in [0.25, 0.3) is 0 Å². The van der Waals surface area contributed by atoms with Crippen molar-refractivity contribution < 1.29 is 4.74 Å². The summed E-state index contributed by atoms with van der Waals surface area (Å²) in [6.45, 7) is 8.18. The third-order valence-corrected chi connectivity index (χ3v) is 5.59. The Bertz CT molecular complexity index is 269. The zero-order valence-corrected chi connectivity index (χ0v) is 12.2. The standard InChI is InChI=1S/C14H26N2OS/c18-12-14(3-9-17-10-4-14)11-15-5-7-16(8-6-15)13-1-2-13/h13,18H,1-12H2. The van der Waals surface area contributed by atoms with Crippen molar-refractivity contribution in [2.45, 2.75) is 31.7 Å². The van der Waals surface area contributed by atoms with Crippen LogP contribution in [0, 0.1) is 5.41 Å². The molecule has 0 bridgehead atoms. The van der Waals surface area contributed by atoms with Crippen molar-refractivity contribution in [3.8, 4) is 0 Å². The summed E-state index contributed by atoms with van der Waals surface area (Å²) in [4.78, 5) is 5.36. The Morgan fingerprint density at radius 1 is 1.06 bits per heavy atom. The summed E-state index contributed by atoms with van der Waals surface area (Å²) in [5.41, 5.74) is 0.420. The molecule has 1 saturated carbocycles. The zero-order chi connectivity index (χ0) is 12.4. The van der Waals surface area contributed by atoms with Gasteiger partial charge in [-0.2, -0.15) is 12.6 Å². The summed E-state index contributed by atoms with van der Waals surface area (Å²) in [7, 11) is 0. The van der Waals surface area contributed by atoms with Gasteiger partial charge in [0.15, 0.2) is 0 Å². The van der Waals surface area contributed by atoms with E-state index in [4.69, 9.17) is 4.74 Å². The highest BCUT2D eigenvalue weighted by Gasteiger charge is 2.36. The summed E-state index contributed by atoms with van der Waals surface area (Å²) in [6, 6.07) is 0.939. The van der Waals surface area contributed by atoms with Crippen molar-refractivity contribution in [1.82, 2.24) is 9.80 Å². The predicted octanol–water partition coefficient (Wildman–Crippen LogP) is 1.49. The Hall–Kier alpha value is 0.230. The van der Waals surface area contributed by atoms with Gasteiger partial charge in [0.2, 0.25) is 0 Å². The van der Waals surface area contributed by atoms with E-state index in [2.05, 4.69) is 22.4 Å². The molecule has 3 nitrogen and oxygen atoms in total. The molecule has 0 unspecified atom stereocenters. The fourth-order valence-electron chi connectivity index (χ4n) is 3.37. The van der Waals surface area contributed by atoms with E-state index in [9.17, 15) is 0 Å². The van der Waals surface area contributed by atoms with E-state index in [-0.39, 0.29) is 0 Å². The fraction of sp³-hybridized carbons (Fsp3) is 1.00. The molecule has 4 heteroatoms. The summed E-state index contributed by atoms with van der Waals surface area (Å²) in [5, 5.41) is 0. The average Bonchev–Trinajstić information content (AvgIpc) is 3.25. The number of hydrogen-bond acceptors (Lipinski definition) is 4. The van der Waals surface area contributed by atoms with Gasteiger partial charge in [-0.3, -0.25) is 4.90 Å². The Kier molecular flexibility index (Phi) is 4.18. The minimum atomic E-state index is 0.420. The molecule has 1 aliphatic carbocycles. The lowest BCUT2D eigenvalue weighted by Crippen LogP contribution is -2.51. The SMILES string of the molecule is SCC1(CN2CCN(C3CC3)CC2)CCOCC1. The Morgan fingerprint density at radius 3 is 2.28 bits per heavy atom. The van der Waals surface area contributed by atoms with Crippen LogP contribution in [-0.4, -0.2) is 67.5 Å². The van der Waals surface area contributed by atoms with E-state index in [1.54, 1.807) is 0 Å². The lowest BCUT2D eigenvalue weighted by atomic mass is 9.81. The smallest absolute Gasteiger partial charge is 0.0472 e. The van der Waals surface area contributed by atoms with Crippen LogP contribution in [-0.2, 0) is 4.74 Å². The lowest BCUT2D eigenvalue weighted by molar-refractivity contribution is -0.00139. The van der Waals surface area contributed by atoms with Gasteiger partial charge in [0.05, 0.1) is 0 Å². The molecule has 0 amide bonds. The molecule has 0 atom stereocenters. The Labute approximate surface area is 116 Å². The zero-order valence-electron chi connectivity index (χ0n) is 11.3. The molecule has 3 rings (SSSR count). The first kappa shape index (κ1) is 13.2. The lowest BCUT2D eigenvalue weighted by Gasteiger charge is -2.43. The maximum atomic E-state index is 5.51. The van der Waals surface area contributed by atoms with E-state index >= 15 is 0 Å². The largest absolute Gasteiger partial charge is 0.381 e. The second-order valence-corrected chi connectivity index (χ2v) is 6.63. The van der Waals surface area contributed by atoms with Crippen LogP contribution in [0.1, 0.15) is 25.7 Å². The number of piperazine rings is 1. The molecule has 104 valence electrons. The van der Waals surface area contributed by atoms with Crippen LogP contribution in [0.15, 0.2) is 0 Å². The number of nitrogens with zero attached hydrogens (tertiary/aromatic N) is 2. The number of ether oxygens (including phenoxy) is 1. The van der Waals surface area contributed by atoms with Gasteiger partial charge < -0.3 is 9.64 Å². The second kappa shape index (κ2) is 5.70. The van der Waals surface area contributed by atoms with Crippen molar-refractivity contribution in [3.63, 3.8) is 0 Å². The first-order valence-corrected chi connectivity index (χ1v) is 8.10. The highest BCUT2D eigenvalue weighted by Crippen LogP contribution is 2.34. The first-order chi connectivity index (χ1) is 8.81. The van der Waals surface area contributed by atoms with Gasteiger partial charge in [-0.1, -0.05) is 0 Å². The topological polar surface area (TPSA) is 15.7 Å². The Morgan fingerprint density at radius 2 is 1.72 bits per heavy atom. The molecule has 2 saturated heterocycles. The molecule has 0 aromatic carbocycles. The van der Waals surface area contributed by atoms with E-state index in [1.165, 1.54) is 58.4 Å². The van der Waals surface area contributed by atoms with Crippen molar-refractivity contribution in [3.05, 3.63) is 0 Å². The summed E-state index contributed by atoms with van der Waals surface area (Å²) in [5.74, 6) is 1.01. The summed E-state index contributed by atoms with van der Waals surface area (Å²) < 4.78 is 5.51. The van der Waals surface area contributed by atoms with Crippen molar-refractivity contribution >= 4 is 12.6 Å². The van der Waals surface area contributed by atoms with E-state index in [1.807, 2.05) is 0 Å². The summed E-state index contributed by atoms with van der Waals surface area (Å²) >= 11 is 4.62. The van der Waals surface area contributed by atoms with Crippen molar-refractivity contribution in [2.75, 3.05) is 51.7 Å². The molecular formula is C14H26N2OS. The molecule has 0 spiro atoms. The van der Waals surface area contributed by atoms with Crippen LogP contribution in [0.25, 0.3) is 0 Å². The molecule has 2 heterocycles. The van der Waals surface area contributed by atoms with Crippen LogP contribution in [0.2, 0.25) is 0 Å². The predicted molar refractivity (Wildman–Crippen MR) is 77.4 cm³/mol. The molecular weight excluding hydrogens is 244 g/mol. The van der Waals surface area contributed by atoms with Gasteiger partial charge in [-0.05, 0) is 36.9 Å². The molecule has 3 fully saturated rings. The van der Waals surface area contributed by atoms with Gasteiger partial charge in [-0.15, -0.1) is 0 Å². The van der Waals surface area contributed by atoms with Crippen molar-refractivity contribution in [1.29, 1.82) is 0 Å². The molecule has 18 heavy (non-hydrogen) atoms. The van der Waals surface area contributed by atoms with E-state index < -0.39 is 0 Å².